The monoisotopic (exact) mass is 272 g/mol. The summed E-state index contributed by atoms with van der Waals surface area (Å²) in [5.41, 5.74) is 2.26. The van der Waals surface area contributed by atoms with Gasteiger partial charge in [-0.05, 0) is 43.5 Å². The number of pyridine rings is 1. The Morgan fingerprint density at radius 2 is 2.21 bits per heavy atom. The van der Waals surface area contributed by atoms with Crippen LogP contribution < -0.4 is 5.32 Å². The SMILES string of the molecule is CCCNC(CCOCC(F)F)c1cnccc1C. The van der Waals surface area contributed by atoms with Crippen LogP contribution in [0.4, 0.5) is 8.78 Å². The van der Waals surface area contributed by atoms with Gasteiger partial charge in [-0.1, -0.05) is 6.92 Å². The summed E-state index contributed by atoms with van der Waals surface area (Å²) >= 11 is 0. The highest BCUT2D eigenvalue weighted by atomic mass is 19.3. The molecule has 0 saturated heterocycles. The summed E-state index contributed by atoms with van der Waals surface area (Å²) in [6.07, 6.45) is 2.87. The number of halogens is 2. The van der Waals surface area contributed by atoms with Gasteiger partial charge in [0.25, 0.3) is 6.43 Å². The van der Waals surface area contributed by atoms with Crippen molar-refractivity contribution in [3.05, 3.63) is 29.6 Å². The van der Waals surface area contributed by atoms with E-state index >= 15 is 0 Å². The molecular formula is C14H22F2N2O. The first kappa shape index (κ1) is 16.0. The molecule has 0 aliphatic rings. The summed E-state index contributed by atoms with van der Waals surface area (Å²) in [5, 5.41) is 3.41. The predicted molar refractivity (Wildman–Crippen MR) is 71.4 cm³/mol. The van der Waals surface area contributed by atoms with E-state index in [-0.39, 0.29) is 6.04 Å². The second kappa shape index (κ2) is 8.93. The third-order valence-corrected chi connectivity index (χ3v) is 2.89. The van der Waals surface area contributed by atoms with Crippen LogP contribution in [0.1, 0.15) is 36.9 Å². The Hall–Kier alpha value is -1.07. The zero-order valence-electron chi connectivity index (χ0n) is 11.5. The van der Waals surface area contributed by atoms with Crippen LogP contribution in [0, 0.1) is 6.92 Å². The number of aromatic nitrogens is 1. The molecule has 108 valence electrons. The molecule has 1 heterocycles. The molecule has 19 heavy (non-hydrogen) atoms. The minimum atomic E-state index is -2.40. The van der Waals surface area contributed by atoms with Crippen molar-refractivity contribution in [2.75, 3.05) is 19.8 Å². The summed E-state index contributed by atoms with van der Waals surface area (Å²) < 4.78 is 29.0. The summed E-state index contributed by atoms with van der Waals surface area (Å²) in [6.45, 7) is 4.82. The molecule has 1 N–H and O–H groups in total. The number of aryl methyl sites for hydroxylation is 1. The van der Waals surface area contributed by atoms with Crippen LogP contribution in [0.2, 0.25) is 0 Å². The molecule has 0 radical (unpaired) electrons. The van der Waals surface area contributed by atoms with Gasteiger partial charge in [-0.2, -0.15) is 0 Å². The van der Waals surface area contributed by atoms with Crippen molar-refractivity contribution in [1.82, 2.24) is 10.3 Å². The van der Waals surface area contributed by atoms with E-state index in [0.29, 0.717) is 13.0 Å². The number of nitrogens with one attached hydrogen (secondary N) is 1. The largest absolute Gasteiger partial charge is 0.375 e. The fourth-order valence-corrected chi connectivity index (χ4v) is 1.90. The predicted octanol–water partition coefficient (Wildman–Crippen LogP) is 3.10. The van der Waals surface area contributed by atoms with Crippen LogP contribution in [0.3, 0.4) is 0 Å². The first-order valence-corrected chi connectivity index (χ1v) is 6.65. The van der Waals surface area contributed by atoms with Crippen molar-refractivity contribution in [2.24, 2.45) is 0 Å². The molecule has 0 spiro atoms. The zero-order chi connectivity index (χ0) is 14.1. The van der Waals surface area contributed by atoms with Crippen LogP contribution in [-0.4, -0.2) is 31.2 Å². The number of hydrogen-bond acceptors (Lipinski definition) is 3. The minimum absolute atomic E-state index is 0.103. The summed E-state index contributed by atoms with van der Waals surface area (Å²) in [6, 6.07) is 2.06. The number of hydrogen-bond donors (Lipinski definition) is 1. The Bertz CT molecular complexity index is 361. The van der Waals surface area contributed by atoms with Crippen molar-refractivity contribution in [2.45, 2.75) is 39.2 Å². The maximum Gasteiger partial charge on any atom is 0.261 e. The van der Waals surface area contributed by atoms with Crippen LogP contribution in [-0.2, 0) is 4.74 Å². The molecule has 1 aromatic heterocycles. The van der Waals surface area contributed by atoms with E-state index in [9.17, 15) is 8.78 Å². The number of alkyl halides is 2. The number of nitrogens with zero attached hydrogens (tertiary/aromatic N) is 1. The Labute approximate surface area is 113 Å². The Kier molecular flexibility index (Phi) is 7.52. The molecule has 0 fully saturated rings. The molecular weight excluding hydrogens is 250 g/mol. The third kappa shape index (κ3) is 6.07. The van der Waals surface area contributed by atoms with Gasteiger partial charge in [0.2, 0.25) is 0 Å². The van der Waals surface area contributed by atoms with E-state index < -0.39 is 13.0 Å². The molecule has 1 aromatic rings. The standard InChI is InChI=1S/C14H22F2N2O/c1-3-6-18-13(5-8-19-10-14(15)16)12-9-17-7-4-11(12)2/h4,7,9,13-14,18H,3,5-6,8,10H2,1-2H3. The van der Waals surface area contributed by atoms with E-state index in [1.807, 2.05) is 19.2 Å². The van der Waals surface area contributed by atoms with Crippen molar-refractivity contribution in [3.8, 4) is 0 Å². The molecule has 3 nitrogen and oxygen atoms in total. The van der Waals surface area contributed by atoms with E-state index in [2.05, 4.69) is 17.2 Å². The molecule has 0 saturated carbocycles. The lowest BCUT2D eigenvalue weighted by Gasteiger charge is -2.20. The fraction of sp³-hybridized carbons (Fsp3) is 0.643. The van der Waals surface area contributed by atoms with Gasteiger partial charge in [0, 0.05) is 25.0 Å². The molecule has 0 bridgehead atoms. The summed E-state index contributed by atoms with van der Waals surface area (Å²) in [4.78, 5) is 4.13. The topological polar surface area (TPSA) is 34.1 Å². The first-order valence-electron chi connectivity index (χ1n) is 6.65. The quantitative estimate of drug-likeness (QED) is 0.701. The lowest BCUT2D eigenvalue weighted by molar-refractivity contribution is 0.0143. The zero-order valence-corrected chi connectivity index (χ0v) is 11.5. The minimum Gasteiger partial charge on any atom is -0.375 e. The van der Waals surface area contributed by atoms with E-state index in [1.165, 1.54) is 0 Å². The Morgan fingerprint density at radius 1 is 1.42 bits per heavy atom. The molecule has 0 aliphatic heterocycles. The molecule has 1 unspecified atom stereocenters. The molecule has 0 amide bonds. The highest BCUT2D eigenvalue weighted by Crippen LogP contribution is 2.19. The van der Waals surface area contributed by atoms with Gasteiger partial charge in [0.15, 0.2) is 0 Å². The number of ether oxygens (including phenoxy) is 1. The Balaban J connectivity index is 2.54. The number of rotatable bonds is 9. The van der Waals surface area contributed by atoms with Crippen LogP contribution in [0.25, 0.3) is 0 Å². The average Bonchev–Trinajstić information content (AvgIpc) is 2.39. The molecule has 0 aliphatic carbocycles. The van der Waals surface area contributed by atoms with Gasteiger partial charge in [0.1, 0.15) is 6.61 Å². The highest BCUT2D eigenvalue weighted by molar-refractivity contribution is 5.25. The molecule has 1 atom stereocenters. The molecule has 5 heteroatoms. The first-order chi connectivity index (χ1) is 9.15. The van der Waals surface area contributed by atoms with E-state index in [4.69, 9.17) is 4.74 Å². The summed E-state index contributed by atoms with van der Waals surface area (Å²) in [5.74, 6) is 0. The lowest BCUT2D eigenvalue weighted by atomic mass is 10.0. The van der Waals surface area contributed by atoms with Crippen LogP contribution in [0.15, 0.2) is 18.5 Å². The van der Waals surface area contributed by atoms with Crippen molar-refractivity contribution < 1.29 is 13.5 Å². The van der Waals surface area contributed by atoms with Gasteiger partial charge in [0.05, 0.1) is 0 Å². The Morgan fingerprint density at radius 3 is 2.84 bits per heavy atom. The van der Waals surface area contributed by atoms with Crippen molar-refractivity contribution in [3.63, 3.8) is 0 Å². The van der Waals surface area contributed by atoms with Gasteiger partial charge < -0.3 is 10.1 Å². The highest BCUT2D eigenvalue weighted by Gasteiger charge is 2.13. The van der Waals surface area contributed by atoms with E-state index in [1.54, 1.807) is 6.20 Å². The fourth-order valence-electron chi connectivity index (χ4n) is 1.90. The van der Waals surface area contributed by atoms with Crippen molar-refractivity contribution >= 4 is 0 Å². The maximum absolute atomic E-state index is 12.0. The third-order valence-electron chi connectivity index (χ3n) is 2.89. The second-order valence-electron chi connectivity index (χ2n) is 4.49. The van der Waals surface area contributed by atoms with Gasteiger partial charge in [-0.15, -0.1) is 0 Å². The maximum atomic E-state index is 12.0. The lowest BCUT2D eigenvalue weighted by Crippen LogP contribution is -2.24. The van der Waals surface area contributed by atoms with E-state index in [0.717, 1.165) is 24.1 Å². The van der Waals surface area contributed by atoms with Gasteiger partial charge >= 0.3 is 0 Å². The smallest absolute Gasteiger partial charge is 0.261 e. The van der Waals surface area contributed by atoms with Gasteiger partial charge in [-0.25, -0.2) is 8.78 Å². The molecule has 0 aromatic carbocycles. The average molecular weight is 272 g/mol. The van der Waals surface area contributed by atoms with Crippen molar-refractivity contribution in [1.29, 1.82) is 0 Å². The van der Waals surface area contributed by atoms with Crippen LogP contribution in [0.5, 0.6) is 0 Å². The second-order valence-corrected chi connectivity index (χ2v) is 4.49. The molecule has 1 rings (SSSR count). The normalized spacial score (nSPS) is 12.9. The van der Waals surface area contributed by atoms with Gasteiger partial charge in [-0.3, -0.25) is 4.98 Å². The summed E-state index contributed by atoms with van der Waals surface area (Å²) in [7, 11) is 0. The van der Waals surface area contributed by atoms with Crippen LogP contribution >= 0.6 is 0 Å².